The Kier molecular flexibility index (Phi) is 3.13. The zero-order valence-corrected chi connectivity index (χ0v) is 10.5. The van der Waals surface area contributed by atoms with Gasteiger partial charge in [-0.05, 0) is 18.9 Å². The van der Waals surface area contributed by atoms with Crippen molar-refractivity contribution in [3.05, 3.63) is 41.6 Å². The third-order valence-corrected chi connectivity index (χ3v) is 2.95. The number of anilines is 1. The maximum Gasteiger partial charge on any atom is 0.128 e. The van der Waals surface area contributed by atoms with Gasteiger partial charge in [-0.15, -0.1) is 0 Å². The molecule has 2 heterocycles. The van der Waals surface area contributed by atoms with Gasteiger partial charge >= 0.3 is 0 Å². The molecule has 0 bridgehead atoms. The Morgan fingerprint density at radius 3 is 2.71 bits per heavy atom. The van der Waals surface area contributed by atoms with Crippen molar-refractivity contribution < 1.29 is 0 Å². The highest BCUT2D eigenvalue weighted by Gasteiger charge is 2.10. The number of nitrogen functional groups attached to an aromatic ring is 1. The highest BCUT2D eigenvalue weighted by atomic mass is 15.1. The first-order chi connectivity index (χ1) is 8.09. The molecule has 17 heavy (non-hydrogen) atoms. The standard InChI is InChI=1S/C13H18N4/c1-9(2)12-10(3)17(8-16-12)7-11-5-4-6-15-13(11)14/h4-6,8-9H,7H2,1-3H3,(H2,14,15). The molecule has 2 N–H and O–H groups in total. The number of rotatable bonds is 3. The van der Waals surface area contributed by atoms with Crippen molar-refractivity contribution >= 4 is 5.82 Å². The summed E-state index contributed by atoms with van der Waals surface area (Å²) < 4.78 is 2.11. The third-order valence-electron chi connectivity index (χ3n) is 2.95. The van der Waals surface area contributed by atoms with Crippen LogP contribution in [-0.2, 0) is 6.54 Å². The molecule has 0 aliphatic carbocycles. The van der Waals surface area contributed by atoms with Gasteiger partial charge in [0, 0.05) is 17.5 Å². The van der Waals surface area contributed by atoms with Gasteiger partial charge in [-0.3, -0.25) is 0 Å². The van der Waals surface area contributed by atoms with Crippen LogP contribution >= 0.6 is 0 Å². The fraction of sp³-hybridized carbons (Fsp3) is 0.385. The van der Waals surface area contributed by atoms with E-state index in [1.54, 1.807) is 6.20 Å². The molecule has 0 atom stereocenters. The van der Waals surface area contributed by atoms with Gasteiger partial charge in [0.25, 0.3) is 0 Å². The van der Waals surface area contributed by atoms with Crippen LogP contribution in [0, 0.1) is 6.92 Å². The summed E-state index contributed by atoms with van der Waals surface area (Å²) in [7, 11) is 0. The lowest BCUT2D eigenvalue weighted by Gasteiger charge is -2.09. The number of nitrogens with zero attached hydrogens (tertiary/aromatic N) is 3. The fourth-order valence-electron chi connectivity index (χ4n) is 1.95. The Bertz CT molecular complexity index is 514. The monoisotopic (exact) mass is 230 g/mol. The molecule has 4 heteroatoms. The Morgan fingerprint density at radius 2 is 2.12 bits per heavy atom. The molecule has 0 aliphatic heterocycles. The first-order valence-electron chi connectivity index (χ1n) is 5.80. The molecule has 90 valence electrons. The average Bonchev–Trinajstić information content (AvgIpc) is 2.64. The molecule has 0 aliphatic rings. The molecule has 0 radical (unpaired) electrons. The van der Waals surface area contributed by atoms with Gasteiger partial charge in [0.15, 0.2) is 0 Å². The molecule has 0 spiro atoms. The minimum absolute atomic E-state index is 0.447. The number of hydrogen-bond donors (Lipinski definition) is 1. The topological polar surface area (TPSA) is 56.7 Å². The lowest BCUT2D eigenvalue weighted by atomic mass is 10.1. The SMILES string of the molecule is Cc1c(C(C)C)ncn1Cc1cccnc1N. The van der Waals surface area contributed by atoms with E-state index in [-0.39, 0.29) is 0 Å². The highest BCUT2D eigenvalue weighted by molar-refractivity contribution is 5.38. The van der Waals surface area contributed by atoms with E-state index in [4.69, 9.17) is 5.73 Å². The van der Waals surface area contributed by atoms with Crippen molar-refractivity contribution in [1.29, 1.82) is 0 Å². The summed E-state index contributed by atoms with van der Waals surface area (Å²) in [5.41, 5.74) is 9.21. The smallest absolute Gasteiger partial charge is 0.128 e. The van der Waals surface area contributed by atoms with E-state index in [9.17, 15) is 0 Å². The first kappa shape index (κ1) is 11.6. The summed E-state index contributed by atoms with van der Waals surface area (Å²) >= 11 is 0. The lowest BCUT2D eigenvalue weighted by molar-refractivity contribution is 0.755. The van der Waals surface area contributed by atoms with E-state index in [2.05, 4.69) is 35.3 Å². The third kappa shape index (κ3) is 2.30. The van der Waals surface area contributed by atoms with Crippen molar-refractivity contribution in [3.63, 3.8) is 0 Å². The normalized spacial score (nSPS) is 11.1. The summed E-state index contributed by atoms with van der Waals surface area (Å²) in [6.45, 7) is 7.12. The van der Waals surface area contributed by atoms with Crippen molar-refractivity contribution in [2.45, 2.75) is 33.2 Å². The van der Waals surface area contributed by atoms with Crippen LogP contribution in [0.1, 0.15) is 36.7 Å². The number of pyridine rings is 1. The quantitative estimate of drug-likeness (QED) is 0.880. The molecule has 0 amide bonds. The van der Waals surface area contributed by atoms with E-state index in [0.717, 1.165) is 17.8 Å². The average molecular weight is 230 g/mol. The van der Waals surface area contributed by atoms with Gasteiger partial charge in [0.2, 0.25) is 0 Å². The lowest BCUT2D eigenvalue weighted by Crippen LogP contribution is -2.05. The molecular formula is C13H18N4. The van der Waals surface area contributed by atoms with E-state index in [1.807, 2.05) is 18.5 Å². The predicted octanol–water partition coefficient (Wildman–Crippen LogP) is 2.34. The molecule has 0 aromatic carbocycles. The predicted molar refractivity (Wildman–Crippen MR) is 68.8 cm³/mol. The van der Waals surface area contributed by atoms with E-state index in [0.29, 0.717) is 11.7 Å². The second-order valence-corrected chi connectivity index (χ2v) is 4.55. The van der Waals surface area contributed by atoms with Gasteiger partial charge < -0.3 is 10.3 Å². The number of aromatic nitrogens is 3. The van der Waals surface area contributed by atoms with Crippen molar-refractivity contribution in [1.82, 2.24) is 14.5 Å². The molecule has 0 fully saturated rings. The minimum atomic E-state index is 0.447. The molecule has 2 aromatic rings. The van der Waals surface area contributed by atoms with Gasteiger partial charge in [-0.1, -0.05) is 19.9 Å². The van der Waals surface area contributed by atoms with Crippen LogP contribution in [0.2, 0.25) is 0 Å². The number of imidazole rings is 1. The molecule has 0 saturated heterocycles. The van der Waals surface area contributed by atoms with Crippen LogP contribution < -0.4 is 5.73 Å². The maximum atomic E-state index is 5.84. The molecular weight excluding hydrogens is 212 g/mol. The van der Waals surface area contributed by atoms with Crippen molar-refractivity contribution in [2.75, 3.05) is 5.73 Å². The van der Waals surface area contributed by atoms with E-state index in [1.165, 1.54) is 5.69 Å². The summed E-state index contributed by atoms with van der Waals surface area (Å²) in [5, 5.41) is 0. The molecule has 2 rings (SSSR count). The number of hydrogen-bond acceptors (Lipinski definition) is 3. The molecule has 0 saturated carbocycles. The zero-order valence-electron chi connectivity index (χ0n) is 10.5. The summed E-state index contributed by atoms with van der Waals surface area (Å²) in [4.78, 5) is 8.53. The van der Waals surface area contributed by atoms with E-state index >= 15 is 0 Å². The first-order valence-corrected chi connectivity index (χ1v) is 5.80. The minimum Gasteiger partial charge on any atom is -0.383 e. The van der Waals surface area contributed by atoms with Crippen molar-refractivity contribution in [2.24, 2.45) is 0 Å². The fourth-order valence-corrected chi connectivity index (χ4v) is 1.95. The maximum absolute atomic E-state index is 5.84. The van der Waals surface area contributed by atoms with Gasteiger partial charge in [0.05, 0.1) is 18.6 Å². The van der Waals surface area contributed by atoms with Crippen LogP contribution in [-0.4, -0.2) is 14.5 Å². The second kappa shape index (κ2) is 4.57. The molecule has 0 unspecified atom stereocenters. The van der Waals surface area contributed by atoms with E-state index < -0.39 is 0 Å². The Balaban J connectivity index is 2.28. The van der Waals surface area contributed by atoms with Crippen LogP contribution in [0.4, 0.5) is 5.82 Å². The van der Waals surface area contributed by atoms with Crippen molar-refractivity contribution in [3.8, 4) is 0 Å². The summed E-state index contributed by atoms with van der Waals surface area (Å²) in [5.74, 6) is 1.04. The van der Waals surface area contributed by atoms with Crippen LogP contribution in [0.5, 0.6) is 0 Å². The van der Waals surface area contributed by atoms with Crippen LogP contribution in [0.25, 0.3) is 0 Å². The van der Waals surface area contributed by atoms with Crippen LogP contribution in [0.15, 0.2) is 24.7 Å². The van der Waals surface area contributed by atoms with Crippen LogP contribution in [0.3, 0.4) is 0 Å². The summed E-state index contributed by atoms with van der Waals surface area (Å²) in [6.07, 6.45) is 3.58. The summed E-state index contributed by atoms with van der Waals surface area (Å²) in [6, 6.07) is 3.90. The Labute approximate surface area is 102 Å². The second-order valence-electron chi connectivity index (χ2n) is 4.55. The Morgan fingerprint density at radius 1 is 1.35 bits per heavy atom. The van der Waals surface area contributed by atoms with Gasteiger partial charge in [-0.25, -0.2) is 9.97 Å². The number of nitrogens with two attached hydrogens (primary N) is 1. The highest BCUT2D eigenvalue weighted by Crippen LogP contribution is 2.18. The Hall–Kier alpha value is -1.84. The van der Waals surface area contributed by atoms with Gasteiger partial charge in [0.1, 0.15) is 5.82 Å². The largest absolute Gasteiger partial charge is 0.383 e. The molecule has 4 nitrogen and oxygen atoms in total. The zero-order chi connectivity index (χ0) is 12.4. The van der Waals surface area contributed by atoms with Gasteiger partial charge in [-0.2, -0.15) is 0 Å². The molecule has 2 aromatic heterocycles.